The number of ether oxygens (including phenoxy) is 1. The Morgan fingerprint density at radius 3 is 2.35 bits per heavy atom. The van der Waals surface area contributed by atoms with Gasteiger partial charge in [-0.3, -0.25) is 5.32 Å². The maximum atomic E-state index is 11.0. The molecular weight excluding hydrogens is 282 g/mol. The predicted molar refractivity (Wildman–Crippen MR) is 79.1 cm³/mol. The minimum atomic E-state index is -0.653. The highest BCUT2D eigenvalue weighted by Gasteiger charge is 2.08. The van der Waals surface area contributed by atoms with E-state index in [2.05, 4.69) is 32.2 Å². The maximum Gasteiger partial charge on any atom is 0.413 e. The Morgan fingerprint density at radius 2 is 1.80 bits per heavy atom. The Balaban J connectivity index is 2.72. The molecule has 8 heteroatoms. The molecule has 1 aromatic carbocycles. The van der Waals surface area contributed by atoms with Crippen molar-refractivity contribution in [3.63, 3.8) is 0 Å². The van der Waals surface area contributed by atoms with Gasteiger partial charge in [-0.15, -0.1) is 0 Å². The lowest BCUT2D eigenvalue weighted by atomic mass is 10.2. The lowest BCUT2D eigenvalue weighted by Gasteiger charge is -2.14. The zero-order valence-corrected chi connectivity index (χ0v) is 11.9. The second-order valence-electron chi connectivity index (χ2n) is 3.41. The molecule has 0 fully saturated rings. The predicted octanol–water partition coefficient (Wildman–Crippen LogP) is 2.20. The van der Waals surface area contributed by atoms with Gasteiger partial charge < -0.3 is 20.3 Å². The summed E-state index contributed by atoms with van der Waals surface area (Å²) in [4.78, 5) is 20.2. The first kappa shape index (κ1) is 15.7. The molecule has 7 nitrogen and oxygen atoms in total. The lowest BCUT2D eigenvalue weighted by molar-refractivity contribution is -0.234. The van der Waals surface area contributed by atoms with E-state index in [9.17, 15) is 4.79 Å². The number of amides is 1. The molecule has 0 aliphatic rings. The summed E-state index contributed by atoms with van der Waals surface area (Å²) in [6.07, 6.45) is -0.653. The summed E-state index contributed by atoms with van der Waals surface area (Å²) in [7, 11) is 2.62. The Bertz CT molecular complexity index is 507. The molecule has 1 amide bonds. The minimum Gasteiger partial charge on any atom is -0.453 e. The molecule has 0 aromatic heterocycles. The number of hydrogen-bond donors (Lipinski definition) is 3. The number of benzene rings is 1. The summed E-state index contributed by atoms with van der Waals surface area (Å²) in [6, 6.07) is 7.14. The van der Waals surface area contributed by atoms with Crippen LogP contribution in [0.4, 0.5) is 16.2 Å². The van der Waals surface area contributed by atoms with Crippen LogP contribution >= 0.6 is 12.2 Å². The van der Waals surface area contributed by atoms with Crippen molar-refractivity contribution < 1.29 is 19.3 Å². The number of rotatable bonds is 5. The average molecular weight is 297 g/mol. The van der Waals surface area contributed by atoms with E-state index in [4.69, 9.17) is 17.1 Å². The van der Waals surface area contributed by atoms with Gasteiger partial charge in [-0.2, -0.15) is 4.89 Å². The topological polar surface area (TPSA) is 80.9 Å². The molecule has 0 unspecified atom stereocenters. The number of hydrogen-bond acceptors (Lipinski definition) is 6. The molecule has 3 N–H and O–H groups in total. The van der Waals surface area contributed by atoms with Crippen LogP contribution in [0.5, 0.6) is 0 Å². The summed E-state index contributed by atoms with van der Waals surface area (Å²) in [5, 5.41) is 8.16. The van der Waals surface area contributed by atoms with Crippen LogP contribution in [0.1, 0.15) is 0 Å². The van der Waals surface area contributed by atoms with E-state index in [0.29, 0.717) is 11.4 Å². The molecule has 0 saturated carbocycles. The number of para-hydroxylation sites is 2. The van der Waals surface area contributed by atoms with Crippen molar-refractivity contribution in [3.05, 3.63) is 36.7 Å². The van der Waals surface area contributed by atoms with Crippen molar-refractivity contribution in [3.8, 4) is 0 Å². The smallest absolute Gasteiger partial charge is 0.413 e. The van der Waals surface area contributed by atoms with Gasteiger partial charge in [0.05, 0.1) is 25.6 Å². The summed E-state index contributed by atoms with van der Waals surface area (Å²) in [5.74, 6) is 0.202. The number of alkyl carbamates (subject to hydrolysis) is 1. The Labute approximate surface area is 121 Å². The molecule has 1 rings (SSSR count). The molecule has 0 atom stereocenters. The monoisotopic (exact) mass is 297 g/mol. The highest BCUT2D eigenvalue weighted by atomic mass is 32.1. The van der Waals surface area contributed by atoms with Gasteiger partial charge in [0.1, 0.15) is 0 Å². The van der Waals surface area contributed by atoms with E-state index < -0.39 is 6.09 Å². The van der Waals surface area contributed by atoms with E-state index in [1.54, 1.807) is 18.2 Å². The number of nitrogens with one attached hydrogen (secondary N) is 3. The normalized spacial score (nSPS) is 9.30. The van der Waals surface area contributed by atoms with Gasteiger partial charge in [0.15, 0.2) is 5.11 Å². The molecule has 0 heterocycles. The van der Waals surface area contributed by atoms with Crippen LogP contribution in [0.15, 0.2) is 36.7 Å². The Kier molecular flexibility index (Phi) is 6.27. The first-order valence-corrected chi connectivity index (χ1v) is 5.89. The number of carbonyl (C=O) groups excluding carboxylic acids is 1. The van der Waals surface area contributed by atoms with Crippen LogP contribution < -0.4 is 16.0 Å². The molecule has 0 aliphatic carbocycles. The SMILES string of the molecule is C=C(Nc1ccccc1NC(=S)NC(=O)OC)OOC. The van der Waals surface area contributed by atoms with Gasteiger partial charge in [0.25, 0.3) is 0 Å². The average Bonchev–Trinajstić information content (AvgIpc) is 2.41. The zero-order chi connectivity index (χ0) is 15.0. The van der Waals surface area contributed by atoms with Gasteiger partial charge in [0.2, 0.25) is 5.88 Å². The largest absolute Gasteiger partial charge is 0.453 e. The quantitative estimate of drug-likeness (QED) is 0.333. The standard InChI is InChI=1S/C12H15N3O4S/c1-8(19-18-3)13-9-6-4-5-7-10(9)14-11(20)15-12(16)17-2/h4-7,13H,1H2,2-3H3,(H2,14,15,16,20). The van der Waals surface area contributed by atoms with Crippen LogP contribution in [0.25, 0.3) is 0 Å². The van der Waals surface area contributed by atoms with Gasteiger partial charge in [0, 0.05) is 0 Å². The zero-order valence-electron chi connectivity index (χ0n) is 11.1. The van der Waals surface area contributed by atoms with E-state index in [1.807, 2.05) is 6.07 Å². The van der Waals surface area contributed by atoms with Crippen molar-refractivity contribution in [1.82, 2.24) is 5.32 Å². The maximum absolute atomic E-state index is 11.0. The fourth-order valence-electron chi connectivity index (χ4n) is 1.27. The highest BCUT2D eigenvalue weighted by Crippen LogP contribution is 2.22. The Hall–Kier alpha value is -2.32. The van der Waals surface area contributed by atoms with E-state index in [0.717, 1.165) is 0 Å². The van der Waals surface area contributed by atoms with Gasteiger partial charge in [-0.25, -0.2) is 4.79 Å². The summed E-state index contributed by atoms with van der Waals surface area (Å²) in [6.45, 7) is 3.61. The third-order valence-corrected chi connectivity index (χ3v) is 2.24. The third kappa shape index (κ3) is 5.12. The molecule has 0 aliphatic heterocycles. The van der Waals surface area contributed by atoms with Crippen LogP contribution in [0.3, 0.4) is 0 Å². The minimum absolute atomic E-state index is 0.101. The molecule has 20 heavy (non-hydrogen) atoms. The third-order valence-electron chi connectivity index (χ3n) is 2.03. The molecular formula is C12H15N3O4S. The van der Waals surface area contributed by atoms with Crippen LogP contribution in [-0.2, 0) is 14.5 Å². The molecule has 0 bridgehead atoms. The van der Waals surface area contributed by atoms with Crippen molar-refractivity contribution >= 4 is 34.8 Å². The van der Waals surface area contributed by atoms with Crippen molar-refractivity contribution in [2.75, 3.05) is 24.9 Å². The van der Waals surface area contributed by atoms with Crippen LogP contribution in [-0.4, -0.2) is 25.4 Å². The van der Waals surface area contributed by atoms with Crippen molar-refractivity contribution in [2.45, 2.75) is 0 Å². The summed E-state index contributed by atoms with van der Waals surface area (Å²) < 4.78 is 4.44. The number of carbonyl (C=O) groups is 1. The fraction of sp³-hybridized carbons (Fsp3) is 0.167. The number of anilines is 2. The van der Waals surface area contributed by atoms with Gasteiger partial charge >= 0.3 is 6.09 Å². The second kappa shape index (κ2) is 7.97. The molecule has 0 saturated heterocycles. The second-order valence-corrected chi connectivity index (χ2v) is 3.82. The fourth-order valence-corrected chi connectivity index (χ4v) is 1.46. The number of thiocarbonyl (C=S) groups is 1. The Morgan fingerprint density at radius 1 is 1.20 bits per heavy atom. The first-order chi connectivity index (χ1) is 9.56. The summed E-state index contributed by atoms with van der Waals surface area (Å²) >= 11 is 4.97. The highest BCUT2D eigenvalue weighted by molar-refractivity contribution is 7.80. The van der Waals surface area contributed by atoms with Gasteiger partial charge in [-0.05, 0) is 30.9 Å². The lowest BCUT2D eigenvalue weighted by Crippen LogP contribution is -2.34. The van der Waals surface area contributed by atoms with Crippen molar-refractivity contribution in [2.24, 2.45) is 0 Å². The van der Waals surface area contributed by atoms with E-state index in [1.165, 1.54) is 14.2 Å². The summed E-state index contributed by atoms with van der Waals surface area (Å²) in [5.41, 5.74) is 1.26. The molecule has 0 radical (unpaired) electrons. The van der Waals surface area contributed by atoms with Gasteiger partial charge in [-0.1, -0.05) is 12.1 Å². The van der Waals surface area contributed by atoms with Crippen LogP contribution in [0, 0.1) is 0 Å². The van der Waals surface area contributed by atoms with E-state index >= 15 is 0 Å². The van der Waals surface area contributed by atoms with Crippen molar-refractivity contribution in [1.29, 1.82) is 0 Å². The van der Waals surface area contributed by atoms with Crippen LogP contribution in [0.2, 0.25) is 0 Å². The number of methoxy groups -OCH3 is 1. The molecule has 0 spiro atoms. The van der Waals surface area contributed by atoms with E-state index in [-0.39, 0.29) is 11.0 Å². The first-order valence-electron chi connectivity index (χ1n) is 5.48. The molecule has 108 valence electrons. The molecule has 1 aromatic rings.